The lowest BCUT2D eigenvalue weighted by atomic mass is 10.2. The van der Waals surface area contributed by atoms with Crippen LogP contribution in [-0.2, 0) is 6.61 Å². The van der Waals surface area contributed by atoms with E-state index in [0.29, 0.717) is 28.1 Å². The largest absolute Gasteiger partial charge is 0.493 e. The second kappa shape index (κ2) is 9.71. The fourth-order valence-corrected chi connectivity index (χ4v) is 2.95. The molecular weight excluding hydrogens is 420 g/mol. The predicted molar refractivity (Wildman–Crippen MR) is 113 cm³/mol. The van der Waals surface area contributed by atoms with Crippen molar-refractivity contribution in [2.75, 3.05) is 7.11 Å². The number of amides is 1. The van der Waals surface area contributed by atoms with E-state index in [1.807, 2.05) is 48.5 Å². The fourth-order valence-electron chi connectivity index (χ4n) is 2.49. The molecule has 0 bridgehead atoms. The highest BCUT2D eigenvalue weighted by molar-refractivity contribution is 9.10. The van der Waals surface area contributed by atoms with E-state index in [1.54, 1.807) is 37.6 Å². The highest BCUT2D eigenvalue weighted by Gasteiger charge is 2.08. The summed E-state index contributed by atoms with van der Waals surface area (Å²) < 4.78 is 12.0. The maximum absolute atomic E-state index is 12.2. The number of rotatable bonds is 7. The molecule has 0 aliphatic carbocycles. The normalized spacial score (nSPS) is 10.6. The molecule has 3 rings (SSSR count). The fraction of sp³-hybridized carbons (Fsp3) is 0.0909. The minimum Gasteiger partial charge on any atom is -0.493 e. The molecule has 0 saturated heterocycles. The number of carbonyl (C=O) groups is 1. The highest BCUT2D eigenvalue weighted by Crippen LogP contribution is 2.28. The lowest BCUT2D eigenvalue weighted by Crippen LogP contribution is -2.18. The van der Waals surface area contributed by atoms with E-state index in [-0.39, 0.29) is 5.91 Å². The Morgan fingerprint density at radius 3 is 2.54 bits per heavy atom. The van der Waals surface area contributed by atoms with Crippen molar-refractivity contribution in [3.8, 4) is 11.5 Å². The van der Waals surface area contributed by atoms with E-state index in [4.69, 9.17) is 9.47 Å². The Hall–Kier alpha value is -3.12. The maximum Gasteiger partial charge on any atom is 0.272 e. The lowest BCUT2D eigenvalue weighted by molar-refractivity contribution is 0.0954. The number of halogens is 1. The topological polar surface area (TPSA) is 59.9 Å². The van der Waals surface area contributed by atoms with Crippen molar-refractivity contribution >= 4 is 28.1 Å². The van der Waals surface area contributed by atoms with Crippen LogP contribution < -0.4 is 14.9 Å². The van der Waals surface area contributed by atoms with Gasteiger partial charge in [0.1, 0.15) is 6.61 Å². The van der Waals surface area contributed by atoms with E-state index < -0.39 is 0 Å². The Morgan fingerprint density at radius 1 is 1.04 bits per heavy atom. The van der Waals surface area contributed by atoms with Crippen LogP contribution in [-0.4, -0.2) is 19.2 Å². The summed E-state index contributed by atoms with van der Waals surface area (Å²) in [4.78, 5) is 12.2. The Morgan fingerprint density at radius 2 is 1.79 bits per heavy atom. The number of nitrogens with one attached hydrogen (secondary N) is 1. The number of hydrogen-bond acceptors (Lipinski definition) is 4. The van der Waals surface area contributed by atoms with Crippen molar-refractivity contribution < 1.29 is 14.3 Å². The Labute approximate surface area is 172 Å². The van der Waals surface area contributed by atoms with E-state index in [2.05, 4.69) is 26.5 Å². The third-order valence-electron chi connectivity index (χ3n) is 3.92. The standard InChI is InChI=1S/C22H19BrN2O3/c1-27-21-13-17(11-12-20(21)28-15-16-7-3-2-4-8-16)14-24-25-22(26)18-9-5-6-10-19(18)23/h2-14H,15H2,1H3,(H,25,26). The number of ether oxygens (including phenoxy) is 2. The number of methoxy groups -OCH3 is 1. The predicted octanol–water partition coefficient (Wildman–Crippen LogP) is 4.80. The summed E-state index contributed by atoms with van der Waals surface area (Å²) in [5.74, 6) is 0.941. The minimum atomic E-state index is -0.293. The van der Waals surface area contributed by atoms with Gasteiger partial charge in [-0.3, -0.25) is 4.79 Å². The van der Waals surface area contributed by atoms with Crippen LogP contribution in [0.4, 0.5) is 0 Å². The number of carbonyl (C=O) groups excluding carboxylic acids is 1. The molecule has 0 unspecified atom stereocenters. The summed E-state index contributed by atoms with van der Waals surface area (Å²) >= 11 is 3.35. The molecule has 0 aromatic heterocycles. The molecule has 142 valence electrons. The zero-order valence-corrected chi connectivity index (χ0v) is 16.8. The molecule has 0 aliphatic heterocycles. The number of hydrogen-bond donors (Lipinski definition) is 1. The molecule has 0 atom stereocenters. The molecule has 0 spiro atoms. The van der Waals surface area contributed by atoms with Crippen molar-refractivity contribution in [2.45, 2.75) is 6.61 Å². The molecule has 1 N–H and O–H groups in total. The molecule has 0 radical (unpaired) electrons. The maximum atomic E-state index is 12.2. The van der Waals surface area contributed by atoms with Crippen molar-refractivity contribution in [3.05, 3.63) is 94.0 Å². The number of hydrazone groups is 1. The summed E-state index contributed by atoms with van der Waals surface area (Å²) in [7, 11) is 1.58. The van der Waals surface area contributed by atoms with E-state index >= 15 is 0 Å². The molecule has 28 heavy (non-hydrogen) atoms. The van der Waals surface area contributed by atoms with Crippen LogP contribution in [0.25, 0.3) is 0 Å². The Bertz CT molecular complexity index is 975. The van der Waals surface area contributed by atoms with Crippen LogP contribution in [0.15, 0.2) is 82.4 Å². The number of nitrogens with zero attached hydrogens (tertiary/aromatic N) is 1. The Balaban J connectivity index is 1.63. The van der Waals surface area contributed by atoms with Gasteiger partial charge < -0.3 is 9.47 Å². The molecule has 0 heterocycles. The summed E-state index contributed by atoms with van der Waals surface area (Å²) in [5.41, 5.74) is 4.88. The van der Waals surface area contributed by atoms with Crippen molar-refractivity contribution in [2.24, 2.45) is 5.10 Å². The van der Waals surface area contributed by atoms with E-state index in [9.17, 15) is 4.79 Å². The average molecular weight is 439 g/mol. The zero-order valence-electron chi connectivity index (χ0n) is 15.3. The summed E-state index contributed by atoms with van der Waals surface area (Å²) in [6.07, 6.45) is 1.55. The monoisotopic (exact) mass is 438 g/mol. The van der Waals surface area contributed by atoms with Crippen LogP contribution in [0.5, 0.6) is 11.5 Å². The molecule has 5 nitrogen and oxygen atoms in total. The van der Waals surface area contributed by atoms with Crippen molar-refractivity contribution in [3.63, 3.8) is 0 Å². The molecule has 0 saturated carbocycles. The zero-order chi connectivity index (χ0) is 19.8. The van der Waals surface area contributed by atoms with Gasteiger partial charge in [-0.15, -0.1) is 0 Å². The second-order valence-corrected chi connectivity index (χ2v) is 6.72. The summed E-state index contributed by atoms with van der Waals surface area (Å²) in [5, 5.41) is 4.02. The van der Waals surface area contributed by atoms with Gasteiger partial charge in [-0.25, -0.2) is 5.43 Å². The summed E-state index contributed by atoms with van der Waals surface area (Å²) in [6.45, 7) is 0.451. The second-order valence-electron chi connectivity index (χ2n) is 5.86. The van der Waals surface area contributed by atoms with Gasteiger partial charge in [0.2, 0.25) is 0 Å². The number of benzene rings is 3. The van der Waals surface area contributed by atoms with Gasteiger partial charge in [0.05, 0.1) is 18.9 Å². The molecule has 1 amide bonds. The first-order valence-electron chi connectivity index (χ1n) is 8.60. The first kappa shape index (κ1) is 19.6. The van der Waals surface area contributed by atoms with Gasteiger partial charge in [0.25, 0.3) is 5.91 Å². The van der Waals surface area contributed by atoms with Crippen molar-refractivity contribution in [1.82, 2.24) is 5.43 Å². The van der Waals surface area contributed by atoms with Crippen LogP contribution in [0.1, 0.15) is 21.5 Å². The molecule has 6 heteroatoms. The molecular formula is C22H19BrN2O3. The van der Waals surface area contributed by atoms with Crippen LogP contribution >= 0.6 is 15.9 Å². The van der Waals surface area contributed by atoms with E-state index in [1.165, 1.54) is 0 Å². The average Bonchev–Trinajstić information content (AvgIpc) is 2.73. The molecule has 0 fully saturated rings. The van der Waals surface area contributed by atoms with Crippen LogP contribution in [0.2, 0.25) is 0 Å². The van der Waals surface area contributed by atoms with Gasteiger partial charge in [-0.2, -0.15) is 5.10 Å². The van der Waals surface area contributed by atoms with Gasteiger partial charge >= 0.3 is 0 Å². The molecule has 3 aromatic rings. The smallest absolute Gasteiger partial charge is 0.272 e. The third-order valence-corrected chi connectivity index (χ3v) is 4.61. The first-order valence-corrected chi connectivity index (χ1v) is 9.39. The molecule has 3 aromatic carbocycles. The van der Waals surface area contributed by atoms with Gasteiger partial charge in [0.15, 0.2) is 11.5 Å². The summed E-state index contributed by atoms with van der Waals surface area (Å²) in [6, 6.07) is 22.5. The first-order chi connectivity index (χ1) is 13.7. The lowest BCUT2D eigenvalue weighted by Gasteiger charge is -2.11. The van der Waals surface area contributed by atoms with Gasteiger partial charge in [-0.05, 0) is 57.4 Å². The third kappa shape index (κ3) is 5.20. The Kier molecular flexibility index (Phi) is 6.81. The van der Waals surface area contributed by atoms with Gasteiger partial charge in [0, 0.05) is 4.47 Å². The minimum absolute atomic E-state index is 0.293. The van der Waals surface area contributed by atoms with E-state index in [0.717, 1.165) is 11.1 Å². The van der Waals surface area contributed by atoms with Gasteiger partial charge in [-0.1, -0.05) is 42.5 Å². The SMILES string of the molecule is COc1cc(C=NNC(=O)c2ccccc2Br)ccc1OCc1ccccc1. The van der Waals surface area contributed by atoms with Crippen molar-refractivity contribution in [1.29, 1.82) is 0 Å². The highest BCUT2D eigenvalue weighted by atomic mass is 79.9. The molecule has 0 aliphatic rings. The quantitative estimate of drug-likeness (QED) is 0.425. The van der Waals surface area contributed by atoms with Crippen LogP contribution in [0.3, 0.4) is 0 Å². The van der Waals surface area contributed by atoms with Crippen LogP contribution in [0, 0.1) is 0 Å².